The largest absolute Gasteiger partial charge is 0.493 e. The fourth-order valence-corrected chi connectivity index (χ4v) is 7.46. The molecule has 0 radical (unpaired) electrons. The van der Waals surface area contributed by atoms with Crippen LogP contribution < -0.4 is 4.74 Å². The van der Waals surface area contributed by atoms with Gasteiger partial charge in [0.15, 0.2) is 16.7 Å². The molecule has 6 rings (SSSR count). The van der Waals surface area contributed by atoms with Crippen molar-refractivity contribution in [1.82, 2.24) is 25.1 Å². The Hall–Kier alpha value is -2.95. The molecule has 3 unspecified atom stereocenters. The first-order valence-corrected chi connectivity index (χ1v) is 14.5. The van der Waals surface area contributed by atoms with Gasteiger partial charge >= 0.3 is 0 Å². The van der Waals surface area contributed by atoms with Gasteiger partial charge in [0.2, 0.25) is 0 Å². The first-order chi connectivity index (χ1) is 18.6. The van der Waals surface area contributed by atoms with Gasteiger partial charge in [0.05, 0.1) is 24.5 Å². The fraction of sp³-hybridized carbons (Fsp3) is 0.464. The van der Waals surface area contributed by atoms with Crippen LogP contribution >= 0.6 is 0 Å². The van der Waals surface area contributed by atoms with Crippen molar-refractivity contribution >= 4 is 33.0 Å². The number of H-pyrrole nitrogens is 1. The van der Waals surface area contributed by atoms with E-state index in [0.29, 0.717) is 18.3 Å². The van der Waals surface area contributed by atoms with Crippen molar-refractivity contribution in [2.24, 2.45) is 11.8 Å². The Kier molecular flexibility index (Phi) is 7.36. The van der Waals surface area contributed by atoms with Crippen LogP contribution in [-0.2, 0) is 11.1 Å². The molecule has 1 aliphatic heterocycles. The van der Waals surface area contributed by atoms with Gasteiger partial charge in [0.1, 0.15) is 16.9 Å². The summed E-state index contributed by atoms with van der Waals surface area (Å²) in [6.45, 7) is 2.07. The van der Waals surface area contributed by atoms with Gasteiger partial charge in [-0.3, -0.25) is 10.00 Å². The van der Waals surface area contributed by atoms with Gasteiger partial charge in [-0.25, -0.2) is 18.6 Å². The molecule has 10 heteroatoms. The average molecular weight is 538 g/mol. The zero-order valence-corrected chi connectivity index (χ0v) is 21.9. The third-order valence-electron chi connectivity index (χ3n) is 8.24. The normalized spacial score (nSPS) is 24.4. The van der Waals surface area contributed by atoms with Crippen molar-refractivity contribution < 1.29 is 17.9 Å². The molecule has 1 saturated carbocycles. The van der Waals surface area contributed by atoms with E-state index in [4.69, 9.17) is 4.74 Å². The minimum Gasteiger partial charge on any atom is -0.493 e. The number of nitrogens with one attached hydrogen (secondary N) is 1. The van der Waals surface area contributed by atoms with Crippen molar-refractivity contribution in [2.45, 2.75) is 49.8 Å². The van der Waals surface area contributed by atoms with E-state index in [1.54, 1.807) is 24.5 Å². The van der Waals surface area contributed by atoms with Gasteiger partial charge in [-0.2, -0.15) is 5.10 Å². The van der Waals surface area contributed by atoms with Gasteiger partial charge in [0.25, 0.3) is 0 Å². The van der Waals surface area contributed by atoms with E-state index in [2.05, 4.69) is 25.1 Å². The maximum absolute atomic E-state index is 13.2. The molecule has 2 N–H and O–H groups in total. The van der Waals surface area contributed by atoms with E-state index in [0.717, 1.165) is 73.6 Å². The summed E-state index contributed by atoms with van der Waals surface area (Å²) in [5.74, 6) is 1.12. The first-order valence-electron chi connectivity index (χ1n) is 13.4. The minimum atomic E-state index is -1.94. The Labute approximate surface area is 223 Å². The summed E-state index contributed by atoms with van der Waals surface area (Å²) < 4.78 is 42.1. The predicted molar refractivity (Wildman–Crippen MR) is 145 cm³/mol. The number of hydrogen-bond acceptors (Lipinski definition) is 6. The number of rotatable bonds is 7. The lowest BCUT2D eigenvalue weighted by Crippen LogP contribution is -2.49. The zero-order valence-electron chi connectivity index (χ0n) is 21.1. The number of aromatic amines is 1. The SMILES string of the molecule is O=S(O)C(C1CCC(c2cn[nH]c3cnc4nccc4c23)CC1)N1CCCC(COc2ccc(F)cc2)C1. The van der Waals surface area contributed by atoms with Crippen LogP contribution in [0.25, 0.3) is 21.9 Å². The quantitative estimate of drug-likeness (QED) is 0.310. The lowest BCUT2D eigenvalue weighted by atomic mass is 9.77. The molecule has 0 spiro atoms. The maximum Gasteiger partial charge on any atom is 0.171 e. The summed E-state index contributed by atoms with van der Waals surface area (Å²) in [7, 11) is 0. The summed E-state index contributed by atoms with van der Waals surface area (Å²) in [5, 5.41) is 9.24. The maximum atomic E-state index is 13.2. The molecule has 2 aliphatic rings. The van der Waals surface area contributed by atoms with Gasteiger partial charge in [-0.15, -0.1) is 0 Å². The number of pyridine rings is 1. The third kappa shape index (κ3) is 5.17. The smallest absolute Gasteiger partial charge is 0.171 e. The van der Waals surface area contributed by atoms with E-state index in [1.807, 2.05) is 12.3 Å². The summed E-state index contributed by atoms with van der Waals surface area (Å²) in [5.41, 5.74) is 2.85. The number of hydrogen-bond donors (Lipinski definition) is 2. The molecule has 4 heterocycles. The molecule has 4 aromatic rings. The molecule has 1 aliphatic carbocycles. The predicted octanol–water partition coefficient (Wildman–Crippen LogP) is 5.26. The summed E-state index contributed by atoms with van der Waals surface area (Å²) in [6, 6.07) is 8.07. The standard InChI is InChI=1S/C28H32FN5O3S/c29-21-7-9-22(10-8-21)37-17-18-2-1-13-34(16-18)28(38(35)36)20-5-3-19(4-6-20)24-14-32-33-25-15-31-27-23(26(24)25)11-12-30-27/h7-12,14-15,18-20,28,33H,1-6,13,16-17H2,(H,35,36). The molecule has 3 aromatic heterocycles. The average Bonchev–Trinajstić information content (AvgIpc) is 3.42. The lowest BCUT2D eigenvalue weighted by molar-refractivity contribution is 0.0879. The van der Waals surface area contributed by atoms with Crippen LogP contribution in [-0.4, -0.2) is 58.9 Å². The summed E-state index contributed by atoms with van der Waals surface area (Å²) >= 11 is -1.94. The number of benzene rings is 1. The molecule has 38 heavy (non-hydrogen) atoms. The second kappa shape index (κ2) is 11.0. The Morgan fingerprint density at radius 3 is 2.71 bits per heavy atom. The molecular formula is C28H32FN5O3S. The van der Waals surface area contributed by atoms with Gasteiger partial charge in [-0.05, 0) is 92.8 Å². The third-order valence-corrected chi connectivity index (χ3v) is 9.34. The molecular weight excluding hydrogens is 505 g/mol. The second-order valence-electron chi connectivity index (χ2n) is 10.6. The highest BCUT2D eigenvalue weighted by Gasteiger charge is 2.38. The van der Waals surface area contributed by atoms with Crippen LogP contribution in [0.4, 0.5) is 4.39 Å². The summed E-state index contributed by atoms with van der Waals surface area (Å²) in [6.07, 6.45) is 11.2. The van der Waals surface area contributed by atoms with Crippen molar-refractivity contribution in [3.05, 3.63) is 60.3 Å². The number of likely N-dealkylation sites (tertiary alicyclic amines) is 1. The topological polar surface area (TPSA) is 104 Å². The summed E-state index contributed by atoms with van der Waals surface area (Å²) in [4.78, 5) is 11.0. The number of fused-ring (bicyclic) bond motifs is 3. The van der Waals surface area contributed by atoms with E-state index >= 15 is 0 Å². The van der Waals surface area contributed by atoms with E-state index in [1.165, 1.54) is 17.7 Å². The monoisotopic (exact) mass is 537 g/mol. The molecule has 3 atom stereocenters. The van der Waals surface area contributed by atoms with Gasteiger partial charge in [0, 0.05) is 29.4 Å². The lowest BCUT2D eigenvalue weighted by Gasteiger charge is -2.42. The van der Waals surface area contributed by atoms with Crippen LogP contribution in [0.2, 0.25) is 0 Å². The van der Waals surface area contributed by atoms with E-state index < -0.39 is 11.1 Å². The molecule has 0 bridgehead atoms. The Balaban J connectivity index is 1.13. The molecule has 200 valence electrons. The van der Waals surface area contributed by atoms with Gasteiger partial charge in [-0.1, -0.05) is 0 Å². The highest BCUT2D eigenvalue weighted by atomic mass is 32.2. The number of aromatic nitrogens is 4. The molecule has 2 fully saturated rings. The van der Waals surface area contributed by atoms with Crippen molar-refractivity contribution in [1.29, 1.82) is 0 Å². The Bertz CT molecular complexity index is 1420. The molecule has 1 saturated heterocycles. The highest BCUT2D eigenvalue weighted by molar-refractivity contribution is 7.79. The van der Waals surface area contributed by atoms with E-state index in [-0.39, 0.29) is 23.0 Å². The highest BCUT2D eigenvalue weighted by Crippen LogP contribution is 2.42. The van der Waals surface area contributed by atoms with Crippen molar-refractivity contribution in [3.63, 3.8) is 0 Å². The van der Waals surface area contributed by atoms with E-state index in [9.17, 15) is 13.2 Å². The number of nitrogens with zero attached hydrogens (tertiary/aromatic N) is 4. The van der Waals surface area contributed by atoms with Gasteiger partial charge < -0.3 is 9.29 Å². The van der Waals surface area contributed by atoms with Crippen molar-refractivity contribution in [3.8, 4) is 5.75 Å². The first kappa shape index (κ1) is 25.3. The molecule has 1 aromatic carbocycles. The Morgan fingerprint density at radius 1 is 1.11 bits per heavy atom. The van der Waals surface area contributed by atoms with Crippen LogP contribution in [0.1, 0.15) is 50.0 Å². The van der Waals surface area contributed by atoms with Crippen LogP contribution in [0.5, 0.6) is 5.75 Å². The second-order valence-corrected chi connectivity index (χ2v) is 11.6. The minimum absolute atomic E-state index is 0.158. The van der Waals surface area contributed by atoms with Crippen LogP contribution in [0, 0.1) is 17.7 Å². The number of halogens is 1. The van der Waals surface area contributed by atoms with Crippen LogP contribution in [0.15, 0.2) is 48.9 Å². The van der Waals surface area contributed by atoms with Crippen LogP contribution in [0.3, 0.4) is 0 Å². The molecule has 0 amide bonds. The Morgan fingerprint density at radius 2 is 1.92 bits per heavy atom. The number of piperidine rings is 1. The zero-order chi connectivity index (χ0) is 26.1. The fourth-order valence-electron chi connectivity index (χ4n) is 6.42. The molecule has 8 nitrogen and oxygen atoms in total. The van der Waals surface area contributed by atoms with Crippen molar-refractivity contribution in [2.75, 3.05) is 19.7 Å². The number of ether oxygens (including phenoxy) is 1.